The first-order valence-electron chi connectivity index (χ1n) is 9.63. The van der Waals surface area contributed by atoms with E-state index < -0.39 is 0 Å². The number of aromatic hydroxyl groups is 1. The van der Waals surface area contributed by atoms with Gasteiger partial charge < -0.3 is 25.6 Å². The Hall–Kier alpha value is -1.79. The topological polar surface area (TPSA) is 86.1 Å². The zero-order valence-electron chi connectivity index (χ0n) is 15.7. The van der Waals surface area contributed by atoms with Crippen LogP contribution in [0.4, 0.5) is 0 Å². The van der Waals surface area contributed by atoms with Crippen molar-refractivity contribution < 1.29 is 14.9 Å². The first-order valence-corrected chi connectivity index (χ1v) is 9.63. The van der Waals surface area contributed by atoms with Crippen molar-refractivity contribution in [3.63, 3.8) is 0 Å². The number of aliphatic imine (C=N–C) groups is 1. The van der Waals surface area contributed by atoms with Crippen molar-refractivity contribution in [1.82, 2.24) is 10.6 Å². The van der Waals surface area contributed by atoms with E-state index in [1.165, 1.54) is 24.0 Å². The standard InChI is InChI=1S/C20H31N3O3/c1-21-19(23-13-20(8-10-24)9-11-26-14-20)22-12-17-16-5-3-2-4-15(16)6-7-18(17)25/h6-7,24-25H,2-5,8-14H2,1H3,(H2,21,22,23). The minimum atomic E-state index is -0.0274. The largest absolute Gasteiger partial charge is 0.508 e. The van der Waals surface area contributed by atoms with Crippen molar-refractivity contribution in [2.24, 2.45) is 10.4 Å². The maximum Gasteiger partial charge on any atom is 0.191 e. The third kappa shape index (κ3) is 4.30. The fraction of sp³-hybridized carbons (Fsp3) is 0.650. The predicted molar refractivity (Wildman–Crippen MR) is 103 cm³/mol. The molecular weight excluding hydrogens is 330 g/mol. The Morgan fingerprint density at radius 1 is 1.27 bits per heavy atom. The van der Waals surface area contributed by atoms with E-state index in [4.69, 9.17) is 4.74 Å². The van der Waals surface area contributed by atoms with Gasteiger partial charge in [-0.2, -0.15) is 0 Å². The van der Waals surface area contributed by atoms with Crippen LogP contribution in [-0.2, 0) is 24.1 Å². The number of guanidine groups is 1. The minimum absolute atomic E-state index is 0.0274. The zero-order valence-corrected chi connectivity index (χ0v) is 15.7. The lowest BCUT2D eigenvalue weighted by atomic mass is 9.84. The number of nitrogens with one attached hydrogen (secondary N) is 2. The molecule has 0 aromatic heterocycles. The highest BCUT2D eigenvalue weighted by Crippen LogP contribution is 2.32. The van der Waals surface area contributed by atoms with Gasteiger partial charge >= 0.3 is 0 Å². The van der Waals surface area contributed by atoms with Gasteiger partial charge in [0.05, 0.1) is 6.61 Å². The molecule has 1 aliphatic carbocycles. The molecule has 0 amide bonds. The molecule has 2 aliphatic rings. The summed E-state index contributed by atoms with van der Waals surface area (Å²) in [5.41, 5.74) is 3.61. The number of benzene rings is 1. The van der Waals surface area contributed by atoms with Crippen LogP contribution in [0.5, 0.6) is 5.75 Å². The molecule has 26 heavy (non-hydrogen) atoms. The van der Waals surface area contributed by atoms with Gasteiger partial charge in [-0.05, 0) is 55.7 Å². The quantitative estimate of drug-likeness (QED) is 0.458. The van der Waals surface area contributed by atoms with Crippen LogP contribution in [0.15, 0.2) is 17.1 Å². The lowest BCUT2D eigenvalue weighted by Gasteiger charge is -2.28. The van der Waals surface area contributed by atoms with Gasteiger partial charge in [0.1, 0.15) is 5.75 Å². The van der Waals surface area contributed by atoms with E-state index in [0.29, 0.717) is 31.4 Å². The molecule has 0 radical (unpaired) electrons. The summed E-state index contributed by atoms with van der Waals surface area (Å²) in [4.78, 5) is 4.31. The number of phenolic OH excluding ortho intramolecular Hbond substituents is 1. The van der Waals surface area contributed by atoms with Crippen LogP contribution in [0.25, 0.3) is 0 Å². The molecule has 4 N–H and O–H groups in total. The molecule has 1 unspecified atom stereocenters. The van der Waals surface area contributed by atoms with Gasteiger partial charge in [-0.15, -0.1) is 0 Å². The second-order valence-electron chi connectivity index (χ2n) is 7.46. The van der Waals surface area contributed by atoms with Crippen LogP contribution < -0.4 is 10.6 Å². The van der Waals surface area contributed by atoms with Crippen LogP contribution in [0, 0.1) is 5.41 Å². The SMILES string of the molecule is CN=C(NCc1c(O)ccc2c1CCCC2)NCC1(CCO)CCOC1. The molecule has 1 fully saturated rings. The number of rotatable bonds is 6. The molecule has 1 atom stereocenters. The number of fused-ring (bicyclic) bond motifs is 1. The highest BCUT2D eigenvalue weighted by Gasteiger charge is 2.34. The van der Waals surface area contributed by atoms with Crippen LogP contribution >= 0.6 is 0 Å². The van der Waals surface area contributed by atoms with E-state index in [0.717, 1.165) is 37.9 Å². The predicted octanol–water partition coefficient (Wildman–Crippen LogP) is 1.73. The van der Waals surface area contributed by atoms with Crippen molar-refractivity contribution >= 4 is 5.96 Å². The maximum absolute atomic E-state index is 10.3. The summed E-state index contributed by atoms with van der Waals surface area (Å²) in [5, 5.41) is 26.4. The van der Waals surface area contributed by atoms with Gasteiger partial charge in [0, 0.05) is 44.3 Å². The third-order valence-corrected chi connectivity index (χ3v) is 5.74. The van der Waals surface area contributed by atoms with Crippen LogP contribution in [0.1, 0.15) is 42.4 Å². The third-order valence-electron chi connectivity index (χ3n) is 5.74. The molecule has 1 aromatic carbocycles. The lowest BCUT2D eigenvalue weighted by Crippen LogP contribution is -2.44. The van der Waals surface area contributed by atoms with E-state index in [-0.39, 0.29) is 12.0 Å². The number of aliphatic hydroxyl groups is 1. The van der Waals surface area contributed by atoms with Crippen molar-refractivity contribution in [3.05, 3.63) is 28.8 Å². The summed E-state index contributed by atoms with van der Waals surface area (Å²) in [6, 6.07) is 3.86. The number of ether oxygens (including phenoxy) is 1. The fourth-order valence-corrected chi connectivity index (χ4v) is 4.06. The molecule has 1 aromatic rings. The molecular formula is C20H31N3O3. The van der Waals surface area contributed by atoms with E-state index in [1.54, 1.807) is 7.05 Å². The summed E-state index contributed by atoms with van der Waals surface area (Å²) in [6.45, 7) is 2.85. The van der Waals surface area contributed by atoms with Crippen molar-refractivity contribution in [2.45, 2.75) is 45.1 Å². The summed E-state index contributed by atoms with van der Waals surface area (Å²) >= 11 is 0. The molecule has 0 spiro atoms. The van der Waals surface area contributed by atoms with E-state index in [1.807, 2.05) is 6.07 Å². The highest BCUT2D eigenvalue weighted by atomic mass is 16.5. The van der Waals surface area contributed by atoms with Crippen molar-refractivity contribution in [2.75, 3.05) is 33.4 Å². The van der Waals surface area contributed by atoms with Gasteiger partial charge in [0.25, 0.3) is 0 Å². The first-order chi connectivity index (χ1) is 12.7. The average molecular weight is 361 g/mol. The van der Waals surface area contributed by atoms with Gasteiger partial charge in [-0.1, -0.05) is 6.07 Å². The molecule has 144 valence electrons. The molecule has 0 bridgehead atoms. The summed E-state index contributed by atoms with van der Waals surface area (Å²) in [6.07, 6.45) is 6.21. The number of hydrogen-bond acceptors (Lipinski definition) is 4. The maximum atomic E-state index is 10.3. The second-order valence-corrected chi connectivity index (χ2v) is 7.46. The normalized spacial score (nSPS) is 22.9. The van der Waals surface area contributed by atoms with Gasteiger partial charge in [0.15, 0.2) is 5.96 Å². The van der Waals surface area contributed by atoms with E-state index in [2.05, 4.69) is 21.7 Å². The Balaban J connectivity index is 1.61. The first kappa shape index (κ1) is 19.0. The Morgan fingerprint density at radius 2 is 2.12 bits per heavy atom. The molecule has 1 heterocycles. The van der Waals surface area contributed by atoms with Gasteiger partial charge in [0.2, 0.25) is 0 Å². The zero-order chi connectivity index (χ0) is 18.4. The number of hydrogen-bond donors (Lipinski definition) is 4. The Morgan fingerprint density at radius 3 is 2.85 bits per heavy atom. The number of nitrogens with zero attached hydrogens (tertiary/aromatic N) is 1. The molecule has 1 aliphatic heterocycles. The molecule has 6 nitrogen and oxygen atoms in total. The van der Waals surface area contributed by atoms with Gasteiger partial charge in [-0.25, -0.2) is 0 Å². The highest BCUT2D eigenvalue weighted by molar-refractivity contribution is 5.79. The monoisotopic (exact) mass is 361 g/mol. The Labute approximate surface area is 155 Å². The number of phenols is 1. The van der Waals surface area contributed by atoms with Crippen molar-refractivity contribution in [3.8, 4) is 5.75 Å². The summed E-state index contributed by atoms with van der Waals surface area (Å²) < 4.78 is 5.54. The summed E-state index contributed by atoms with van der Waals surface area (Å²) in [5.74, 6) is 1.07. The fourth-order valence-electron chi connectivity index (χ4n) is 4.06. The number of aliphatic hydroxyl groups excluding tert-OH is 1. The van der Waals surface area contributed by atoms with Gasteiger partial charge in [-0.3, -0.25) is 4.99 Å². The van der Waals surface area contributed by atoms with Crippen LogP contribution in [0.3, 0.4) is 0 Å². The number of aryl methyl sites for hydroxylation is 1. The lowest BCUT2D eigenvalue weighted by molar-refractivity contribution is 0.127. The second kappa shape index (κ2) is 8.73. The molecule has 1 saturated heterocycles. The smallest absolute Gasteiger partial charge is 0.191 e. The minimum Gasteiger partial charge on any atom is -0.508 e. The van der Waals surface area contributed by atoms with Crippen molar-refractivity contribution in [1.29, 1.82) is 0 Å². The average Bonchev–Trinajstić information content (AvgIpc) is 3.12. The Bertz CT molecular complexity index is 639. The molecule has 0 saturated carbocycles. The van der Waals surface area contributed by atoms with E-state index in [9.17, 15) is 10.2 Å². The van der Waals surface area contributed by atoms with E-state index >= 15 is 0 Å². The van der Waals surface area contributed by atoms with Crippen LogP contribution in [-0.4, -0.2) is 49.6 Å². The molecule has 6 heteroatoms. The Kier molecular flexibility index (Phi) is 6.38. The summed E-state index contributed by atoms with van der Waals surface area (Å²) in [7, 11) is 1.75. The molecule has 3 rings (SSSR count). The van der Waals surface area contributed by atoms with Crippen LogP contribution in [0.2, 0.25) is 0 Å².